The fraction of sp³-hybridized carbons (Fsp3) is 0.357. The van der Waals surface area contributed by atoms with Crippen LogP contribution in [0.2, 0.25) is 0 Å². The van der Waals surface area contributed by atoms with E-state index in [4.69, 9.17) is 0 Å². The van der Waals surface area contributed by atoms with Gasteiger partial charge in [0.05, 0.1) is 0 Å². The third-order valence-corrected chi connectivity index (χ3v) is 3.09. The quantitative estimate of drug-likeness (QED) is 0.475. The van der Waals surface area contributed by atoms with Gasteiger partial charge in [0.2, 0.25) is 0 Å². The summed E-state index contributed by atoms with van der Waals surface area (Å²) in [6.07, 6.45) is 3.37. The number of rotatable bonds is 1. The first-order valence-corrected chi connectivity index (χ1v) is 5.99. The lowest BCUT2D eigenvalue weighted by atomic mass is 10.00. The van der Waals surface area contributed by atoms with Crippen molar-refractivity contribution in [1.82, 2.24) is 10.2 Å². The van der Waals surface area contributed by atoms with Gasteiger partial charge in [-0.15, -0.1) is 24.0 Å². The second kappa shape index (κ2) is 7.41. The molecule has 0 atom stereocenters. The van der Waals surface area contributed by atoms with Crippen LogP contribution >= 0.6 is 24.0 Å². The Morgan fingerprint density at radius 3 is 2.50 bits per heavy atom. The highest BCUT2D eigenvalue weighted by Crippen LogP contribution is 2.21. The average Bonchev–Trinajstić information content (AvgIpc) is 2.42. The van der Waals surface area contributed by atoms with Gasteiger partial charge >= 0.3 is 0 Å². The van der Waals surface area contributed by atoms with E-state index in [0.717, 1.165) is 25.5 Å². The third kappa shape index (κ3) is 3.48. The van der Waals surface area contributed by atoms with Crippen molar-refractivity contribution in [1.29, 1.82) is 0 Å². The summed E-state index contributed by atoms with van der Waals surface area (Å²) in [5.41, 5.74) is 2.78. The zero-order valence-corrected chi connectivity index (χ0v) is 13.2. The van der Waals surface area contributed by atoms with E-state index in [1.54, 1.807) is 0 Å². The van der Waals surface area contributed by atoms with Crippen molar-refractivity contribution in [2.24, 2.45) is 4.99 Å². The van der Waals surface area contributed by atoms with Crippen LogP contribution in [0.15, 0.2) is 41.4 Å². The largest absolute Gasteiger partial charge is 0.359 e. The molecule has 0 saturated carbocycles. The summed E-state index contributed by atoms with van der Waals surface area (Å²) < 4.78 is 0. The highest BCUT2D eigenvalue weighted by atomic mass is 127. The maximum Gasteiger partial charge on any atom is 0.193 e. The van der Waals surface area contributed by atoms with Gasteiger partial charge in [0.15, 0.2) is 5.96 Å². The van der Waals surface area contributed by atoms with Crippen molar-refractivity contribution >= 4 is 35.5 Å². The Hall–Kier alpha value is -1.04. The van der Waals surface area contributed by atoms with E-state index in [2.05, 4.69) is 51.6 Å². The second-order valence-electron chi connectivity index (χ2n) is 4.09. The van der Waals surface area contributed by atoms with Gasteiger partial charge in [-0.25, -0.2) is 0 Å². The van der Waals surface area contributed by atoms with E-state index in [9.17, 15) is 0 Å². The zero-order chi connectivity index (χ0) is 12.1. The van der Waals surface area contributed by atoms with E-state index in [-0.39, 0.29) is 24.0 Å². The molecule has 2 rings (SSSR count). The summed E-state index contributed by atoms with van der Waals surface area (Å²) in [5, 5.41) is 3.12. The minimum Gasteiger partial charge on any atom is -0.359 e. The molecule has 1 aromatic rings. The summed E-state index contributed by atoms with van der Waals surface area (Å²) >= 11 is 0. The number of halogens is 1. The normalized spacial score (nSPS) is 15.8. The van der Waals surface area contributed by atoms with E-state index >= 15 is 0 Å². The standard InChI is InChI=1S/C14H19N3.HI/c1-15-14(16-2)17-10-8-13(9-11-17)12-6-4-3-5-7-12;/h3-8H,9-11H2,1-2H3,(H,15,16);1H. The fourth-order valence-corrected chi connectivity index (χ4v) is 2.19. The predicted molar refractivity (Wildman–Crippen MR) is 88.4 cm³/mol. The lowest BCUT2D eigenvalue weighted by molar-refractivity contribution is 0.445. The van der Waals surface area contributed by atoms with Crippen LogP contribution in [0.5, 0.6) is 0 Å². The van der Waals surface area contributed by atoms with Gasteiger partial charge in [-0.3, -0.25) is 4.99 Å². The SMILES string of the molecule is CN=C(NC)N1CC=C(c2ccccc2)CC1.I. The topological polar surface area (TPSA) is 27.6 Å². The summed E-state index contributed by atoms with van der Waals surface area (Å²) in [6, 6.07) is 10.6. The van der Waals surface area contributed by atoms with Crippen molar-refractivity contribution in [3.05, 3.63) is 42.0 Å². The van der Waals surface area contributed by atoms with Gasteiger partial charge in [0.1, 0.15) is 0 Å². The predicted octanol–water partition coefficient (Wildman–Crippen LogP) is 2.60. The van der Waals surface area contributed by atoms with E-state index in [1.165, 1.54) is 11.1 Å². The van der Waals surface area contributed by atoms with Crippen molar-refractivity contribution in [2.75, 3.05) is 27.2 Å². The molecule has 1 aliphatic rings. The van der Waals surface area contributed by atoms with Gasteiger partial charge in [-0.05, 0) is 17.6 Å². The highest BCUT2D eigenvalue weighted by molar-refractivity contribution is 14.0. The minimum atomic E-state index is 0. The van der Waals surface area contributed by atoms with Crippen LogP contribution in [0.25, 0.3) is 5.57 Å². The Morgan fingerprint density at radius 1 is 1.28 bits per heavy atom. The average molecular weight is 357 g/mol. The molecule has 0 unspecified atom stereocenters. The van der Waals surface area contributed by atoms with E-state index in [0.29, 0.717) is 0 Å². The first-order chi connectivity index (χ1) is 8.35. The van der Waals surface area contributed by atoms with Gasteiger partial charge in [-0.2, -0.15) is 0 Å². The number of hydrogen-bond donors (Lipinski definition) is 1. The molecule has 0 amide bonds. The maximum absolute atomic E-state index is 4.23. The molecule has 0 aliphatic carbocycles. The maximum atomic E-state index is 4.23. The molecule has 4 heteroatoms. The zero-order valence-electron chi connectivity index (χ0n) is 10.9. The van der Waals surface area contributed by atoms with E-state index < -0.39 is 0 Å². The highest BCUT2D eigenvalue weighted by Gasteiger charge is 2.14. The molecular weight excluding hydrogens is 337 g/mol. The van der Waals surface area contributed by atoms with Gasteiger partial charge in [0, 0.05) is 27.2 Å². The molecule has 0 saturated heterocycles. The first kappa shape index (κ1) is 15.0. The van der Waals surface area contributed by atoms with Crippen LogP contribution in [-0.4, -0.2) is 38.0 Å². The molecule has 1 heterocycles. The Labute approximate surface area is 126 Å². The lowest BCUT2D eigenvalue weighted by Gasteiger charge is -2.29. The smallest absolute Gasteiger partial charge is 0.193 e. The molecule has 1 aliphatic heterocycles. The number of hydrogen-bond acceptors (Lipinski definition) is 1. The van der Waals surface area contributed by atoms with Crippen LogP contribution < -0.4 is 5.32 Å². The van der Waals surface area contributed by atoms with Crippen LogP contribution in [0, 0.1) is 0 Å². The Kier molecular flexibility index (Phi) is 6.18. The number of nitrogens with one attached hydrogen (secondary N) is 1. The molecule has 0 fully saturated rings. The summed E-state index contributed by atoms with van der Waals surface area (Å²) in [5.74, 6) is 0.966. The van der Waals surface area contributed by atoms with Crippen LogP contribution in [0.3, 0.4) is 0 Å². The number of benzene rings is 1. The summed E-state index contributed by atoms with van der Waals surface area (Å²) in [6.45, 7) is 1.95. The fourth-order valence-electron chi connectivity index (χ4n) is 2.19. The van der Waals surface area contributed by atoms with Crippen LogP contribution in [-0.2, 0) is 0 Å². The molecule has 0 spiro atoms. The molecule has 3 nitrogen and oxygen atoms in total. The minimum absolute atomic E-state index is 0. The van der Waals surface area contributed by atoms with Crippen LogP contribution in [0.1, 0.15) is 12.0 Å². The number of aliphatic imine (C=N–C) groups is 1. The van der Waals surface area contributed by atoms with E-state index in [1.807, 2.05) is 14.1 Å². The van der Waals surface area contributed by atoms with Gasteiger partial charge in [-0.1, -0.05) is 36.4 Å². The Bertz CT molecular complexity index is 426. The van der Waals surface area contributed by atoms with Crippen molar-refractivity contribution < 1.29 is 0 Å². The lowest BCUT2D eigenvalue weighted by Crippen LogP contribution is -2.41. The molecule has 0 aromatic heterocycles. The first-order valence-electron chi connectivity index (χ1n) is 5.99. The molecule has 18 heavy (non-hydrogen) atoms. The molecule has 1 aromatic carbocycles. The summed E-state index contributed by atoms with van der Waals surface area (Å²) in [7, 11) is 3.74. The number of guanidine groups is 1. The molecule has 1 N–H and O–H groups in total. The van der Waals surface area contributed by atoms with Crippen molar-refractivity contribution in [3.63, 3.8) is 0 Å². The third-order valence-electron chi connectivity index (χ3n) is 3.09. The molecular formula is C14H20IN3. The van der Waals surface area contributed by atoms with Gasteiger partial charge < -0.3 is 10.2 Å². The van der Waals surface area contributed by atoms with Crippen molar-refractivity contribution in [2.45, 2.75) is 6.42 Å². The van der Waals surface area contributed by atoms with Crippen molar-refractivity contribution in [3.8, 4) is 0 Å². The summed E-state index contributed by atoms with van der Waals surface area (Å²) in [4.78, 5) is 6.49. The van der Waals surface area contributed by atoms with Gasteiger partial charge in [0.25, 0.3) is 0 Å². The Morgan fingerprint density at radius 2 is 2.00 bits per heavy atom. The molecule has 98 valence electrons. The molecule has 0 bridgehead atoms. The number of nitrogens with zero attached hydrogens (tertiary/aromatic N) is 2. The monoisotopic (exact) mass is 357 g/mol. The second-order valence-corrected chi connectivity index (χ2v) is 4.09. The Balaban J connectivity index is 0.00000162. The van der Waals surface area contributed by atoms with Crippen LogP contribution in [0.4, 0.5) is 0 Å². The molecule has 0 radical (unpaired) electrons.